The maximum atomic E-state index is 11.8. The summed E-state index contributed by atoms with van der Waals surface area (Å²) in [6.45, 7) is 3.60. The Morgan fingerprint density at radius 3 is 2.65 bits per heavy atom. The minimum atomic E-state index is -0.0247. The molecule has 2 aromatic carbocycles. The molecule has 0 aliphatic carbocycles. The number of piperidine rings is 1. The van der Waals surface area contributed by atoms with Gasteiger partial charge in [0, 0.05) is 37.0 Å². The first kappa shape index (κ1) is 16.9. The second-order valence-electron chi connectivity index (χ2n) is 7.01. The van der Waals surface area contributed by atoms with E-state index in [4.69, 9.17) is 4.74 Å². The van der Waals surface area contributed by atoms with Crippen molar-refractivity contribution in [2.45, 2.75) is 19.4 Å². The highest BCUT2D eigenvalue weighted by molar-refractivity contribution is 5.84. The van der Waals surface area contributed by atoms with Gasteiger partial charge in [0.05, 0.1) is 6.61 Å². The summed E-state index contributed by atoms with van der Waals surface area (Å²) >= 11 is 0. The summed E-state index contributed by atoms with van der Waals surface area (Å²) in [5, 5.41) is 1.75. The third kappa shape index (κ3) is 3.81. The first-order valence-corrected chi connectivity index (χ1v) is 9.28. The van der Waals surface area contributed by atoms with Gasteiger partial charge in [0.25, 0.3) is 5.56 Å². The molecule has 4 rings (SSSR count). The number of H-pyrrole nitrogens is 1. The predicted molar refractivity (Wildman–Crippen MR) is 106 cm³/mol. The number of hydrogen-bond acceptors (Lipinski definition) is 3. The van der Waals surface area contributed by atoms with E-state index in [1.807, 2.05) is 18.2 Å². The van der Waals surface area contributed by atoms with Gasteiger partial charge in [0.15, 0.2) is 0 Å². The normalized spacial score (nSPS) is 15.5. The number of ether oxygens (including phenoxy) is 1. The summed E-state index contributed by atoms with van der Waals surface area (Å²) in [6, 6.07) is 18.4. The van der Waals surface area contributed by atoms with Crippen LogP contribution in [0.1, 0.15) is 18.4 Å². The molecule has 0 amide bonds. The molecular formula is C22H24N2O2. The molecule has 1 fully saturated rings. The second-order valence-corrected chi connectivity index (χ2v) is 7.01. The molecule has 1 aliphatic heterocycles. The fraction of sp³-hybridized carbons (Fsp3) is 0.318. The third-order valence-corrected chi connectivity index (χ3v) is 5.20. The summed E-state index contributed by atoms with van der Waals surface area (Å²) < 4.78 is 5.91. The van der Waals surface area contributed by atoms with Crippen LogP contribution in [0, 0.1) is 5.92 Å². The van der Waals surface area contributed by atoms with E-state index in [2.05, 4.69) is 46.3 Å². The van der Waals surface area contributed by atoms with Gasteiger partial charge in [0.2, 0.25) is 0 Å². The zero-order valence-corrected chi connectivity index (χ0v) is 14.9. The van der Waals surface area contributed by atoms with Crippen LogP contribution >= 0.6 is 0 Å². The lowest BCUT2D eigenvalue weighted by atomic mass is 9.97. The molecule has 3 aromatic rings. The second kappa shape index (κ2) is 7.75. The highest BCUT2D eigenvalue weighted by atomic mass is 16.5. The molecule has 1 saturated heterocycles. The maximum absolute atomic E-state index is 11.8. The summed E-state index contributed by atoms with van der Waals surface area (Å²) in [4.78, 5) is 17.0. The van der Waals surface area contributed by atoms with Crippen LogP contribution in [0.3, 0.4) is 0 Å². The molecule has 1 N–H and O–H groups in total. The van der Waals surface area contributed by atoms with Crippen molar-refractivity contribution in [3.8, 4) is 0 Å². The van der Waals surface area contributed by atoms with Crippen LogP contribution in [0.2, 0.25) is 0 Å². The SMILES string of the molecule is O=c1[nH]ccc2cc(N3CCC(COCc4ccccc4)CC3)ccc12. The standard InChI is InChI=1S/C22H24N2O2/c25-22-21-7-6-20(14-19(21)8-11-23-22)24-12-9-18(10-13-24)16-26-15-17-4-2-1-3-5-17/h1-8,11,14,18H,9-10,12-13,15-16H2,(H,23,25). The Kier molecular flexibility index (Phi) is 5.02. The average molecular weight is 348 g/mol. The van der Waals surface area contributed by atoms with Crippen molar-refractivity contribution >= 4 is 16.5 Å². The van der Waals surface area contributed by atoms with Gasteiger partial charge in [-0.15, -0.1) is 0 Å². The molecule has 0 bridgehead atoms. The van der Waals surface area contributed by atoms with E-state index in [0.717, 1.165) is 43.3 Å². The van der Waals surface area contributed by atoms with Crippen molar-refractivity contribution in [1.82, 2.24) is 4.98 Å². The molecule has 0 spiro atoms. The Labute approximate surface area is 153 Å². The van der Waals surface area contributed by atoms with Crippen LogP contribution in [0.25, 0.3) is 10.8 Å². The number of fused-ring (bicyclic) bond motifs is 1. The molecule has 0 atom stereocenters. The molecule has 0 unspecified atom stereocenters. The van der Waals surface area contributed by atoms with E-state index in [1.54, 1.807) is 6.20 Å². The van der Waals surface area contributed by atoms with Gasteiger partial charge < -0.3 is 14.6 Å². The minimum Gasteiger partial charge on any atom is -0.376 e. The van der Waals surface area contributed by atoms with Crippen LogP contribution in [0.5, 0.6) is 0 Å². The molecule has 4 nitrogen and oxygen atoms in total. The number of pyridine rings is 1. The Hall–Kier alpha value is -2.59. The van der Waals surface area contributed by atoms with Crippen LogP contribution in [-0.2, 0) is 11.3 Å². The molecule has 1 aromatic heterocycles. The van der Waals surface area contributed by atoms with Crippen LogP contribution < -0.4 is 10.5 Å². The monoisotopic (exact) mass is 348 g/mol. The Balaban J connectivity index is 1.31. The molecule has 2 heterocycles. The van der Waals surface area contributed by atoms with Crippen LogP contribution in [0.4, 0.5) is 5.69 Å². The summed E-state index contributed by atoms with van der Waals surface area (Å²) in [5.41, 5.74) is 2.41. The zero-order chi connectivity index (χ0) is 17.8. The topological polar surface area (TPSA) is 45.3 Å². The Bertz CT molecular complexity index is 912. The molecule has 0 saturated carbocycles. The third-order valence-electron chi connectivity index (χ3n) is 5.20. The molecular weight excluding hydrogens is 324 g/mol. The molecule has 0 radical (unpaired) electrons. The van der Waals surface area contributed by atoms with E-state index in [1.165, 1.54) is 11.3 Å². The number of nitrogens with one attached hydrogen (secondary N) is 1. The van der Waals surface area contributed by atoms with Crippen molar-refractivity contribution in [2.24, 2.45) is 5.92 Å². The van der Waals surface area contributed by atoms with Crippen molar-refractivity contribution in [2.75, 3.05) is 24.6 Å². The first-order chi connectivity index (χ1) is 12.8. The number of nitrogens with zero attached hydrogens (tertiary/aromatic N) is 1. The van der Waals surface area contributed by atoms with Crippen molar-refractivity contribution < 1.29 is 4.74 Å². The van der Waals surface area contributed by atoms with Gasteiger partial charge in [-0.2, -0.15) is 0 Å². The summed E-state index contributed by atoms with van der Waals surface area (Å²) in [6.07, 6.45) is 4.00. The van der Waals surface area contributed by atoms with Gasteiger partial charge >= 0.3 is 0 Å². The molecule has 1 aliphatic rings. The predicted octanol–water partition coefficient (Wildman–Crippen LogP) is 3.96. The quantitative estimate of drug-likeness (QED) is 0.759. The molecule has 4 heteroatoms. The summed E-state index contributed by atoms with van der Waals surface area (Å²) in [7, 11) is 0. The number of aromatic nitrogens is 1. The maximum Gasteiger partial charge on any atom is 0.255 e. The van der Waals surface area contributed by atoms with E-state index in [0.29, 0.717) is 12.5 Å². The lowest BCUT2D eigenvalue weighted by molar-refractivity contribution is 0.0786. The fourth-order valence-corrected chi connectivity index (χ4v) is 3.65. The van der Waals surface area contributed by atoms with Gasteiger partial charge in [-0.1, -0.05) is 30.3 Å². The number of anilines is 1. The number of rotatable bonds is 5. The number of hydrogen-bond donors (Lipinski definition) is 1. The lowest BCUT2D eigenvalue weighted by Gasteiger charge is -2.33. The lowest BCUT2D eigenvalue weighted by Crippen LogP contribution is -2.35. The molecule has 134 valence electrons. The molecule has 26 heavy (non-hydrogen) atoms. The van der Waals surface area contributed by atoms with Crippen LogP contribution in [0.15, 0.2) is 65.6 Å². The zero-order valence-electron chi connectivity index (χ0n) is 14.9. The smallest absolute Gasteiger partial charge is 0.255 e. The van der Waals surface area contributed by atoms with Crippen molar-refractivity contribution in [3.63, 3.8) is 0 Å². The Morgan fingerprint density at radius 1 is 1.04 bits per heavy atom. The van der Waals surface area contributed by atoms with Gasteiger partial charge in [-0.05, 0) is 54.0 Å². The number of aromatic amines is 1. The minimum absolute atomic E-state index is 0.0247. The highest BCUT2D eigenvalue weighted by Gasteiger charge is 2.20. The summed E-state index contributed by atoms with van der Waals surface area (Å²) in [5.74, 6) is 0.623. The van der Waals surface area contributed by atoms with E-state index in [9.17, 15) is 4.79 Å². The first-order valence-electron chi connectivity index (χ1n) is 9.28. The van der Waals surface area contributed by atoms with E-state index in [-0.39, 0.29) is 5.56 Å². The van der Waals surface area contributed by atoms with Gasteiger partial charge in [-0.3, -0.25) is 4.79 Å². The van der Waals surface area contributed by atoms with Crippen molar-refractivity contribution in [1.29, 1.82) is 0 Å². The van der Waals surface area contributed by atoms with Crippen molar-refractivity contribution in [3.05, 3.63) is 76.7 Å². The largest absolute Gasteiger partial charge is 0.376 e. The van der Waals surface area contributed by atoms with E-state index < -0.39 is 0 Å². The van der Waals surface area contributed by atoms with Gasteiger partial charge in [-0.25, -0.2) is 0 Å². The number of benzene rings is 2. The Morgan fingerprint density at radius 2 is 1.85 bits per heavy atom. The fourth-order valence-electron chi connectivity index (χ4n) is 3.65. The van der Waals surface area contributed by atoms with E-state index >= 15 is 0 Å². The van der Waals surface area contributed by atoms with Crippen LogP contribution in [-0.4, -0.2) is 24.7 Å². The average Bonchev–Trinajstić information content (AvgIpc) is 2.69. The van der Waals surface area contributed by atoms with Gasteiger partial charge in [0.1, 0.15) is 0 Å². The highest BCUT2D eigenvalue weighted by Crippen LogP contribution is 2.26.